The number of aliphatic hydroxyl groups is 1. The predicted molar refractivity (Wildman–Crippen MR) is 113 cm³/mol. The lowest BCUT2D eigenvalue weighted by molar-refractivity contribution is 0.139. The molecule has 25 heavy (non-hydrogen) atoms. The monoisotopic (exact) mass is 421 g/mol. The van der Waals surface area contributed by atoms with E-state index in [1.54, 1.807) is 0 Å². The first kappa shape index (κ1) is 22.1. The molecule has 2 atom stereocenters. The number of benzene rings is 1. The molecule has 0 aromatic heterocycles. The van der Waals surface area contributed by atoms with Crippen LogP contribution < -0.4 is 0 Å². The van der Waals surface area contributed by atoms with E-state index in [-0.39, 0.29) is 5.92 Å². The molecule has 0 saturated carbocycles. The van der Waals surface area contributed by atoms with Gasteiger partial charge < -0.3 is 5.11 Å². The van der Waals surface area contributed by atoms with Crippen LogP contribution in [-0.4, -0.2) is 13.2 Å². The Morgan fingerprint density at radius 1 is 1.04 bits per heavy atom. The smallest absolute Gasteiger partial charge is 0.107 e. The molecular formula is C21H32BrNOSi. The summed E-state index contributed by atoms with van der Waals surface area (Å²) in [7, 11) is -2.00. The molecule has 0 fully saturated rings. The standard InChI is InChI=1S/C21H32BrNOSi/c1-14(2)25(15(3)4,16(5)6)18(13-23)12-17(7)21(24)19-10-8-9-11-20(19)22/h8-12,14-17,21,24H,1-7H3/b18-12+/t17-,21-/m1/s1. The fourth-order valence-electron chi connectivity index (χ4n) is 4.56. The molecule has 0 spiro atoms. The second kappa shape index (κ2) is 9.16. The minimum atomic E-state index is -2.00. The Bertz CT molecular complexity index is 624. The summed E-state index contributed by atoms with van der Waals surface area (Å²) >= 11 is 3.52. The van der Waals surface area contributed by atoms with Gasteiger partial charge in [0, 0.05) is 15.6 Å². The summed E-state index contributed by atoms with van der Waals surface area (Å²) in [5.41, 5.74) is 2.30. The Balaban J connectivity index is 3.37. The van der Waals surface area contributed by atoms with Crippen molar-refractivity contribution in [2.24, 2.45) is 5.92 Å². The lowest BCUT2D eigenvalue weighted by Crippen LogP contribution is -2.46. The molecule has 0 amide bonds. The van der Waals surface area contributed by atoms with E-state index in [0.717, 1.165) is 15.2 Å². The van der Waals surface area contributed by atoms with Crippen molar-refractivity contribution < 1.29 is 5.11 Å². The van der Waals surface area contributed by atoms with E-state index in [1.165, 1.54) is 0 Å². The zero-order valence-corrected chi connectivity index (χ0v) is 19.1. The second-order valence-electron chi connectivity index (χ2n) is 7.91. The van der Waals surface area contributed by atoms with Crippen molar-refractivity contribution in [3.05, 3.63) is 45.6 Å². The third-order valence-electron chi connectivity index (χ3n) is 5.60. The summed E-state index contributed by atoms with van der Waals surface area (Å²) in [5, 5.41) is 21.8. The van der Waals surface area contributed by atoms with Gasteiger partial charge >= 0.3 is 0 Å². The average molecular weight is 422 g/mol. The maximum atomic E-state index is 10.8. The molecule has 2 nitrogen and oxygen atoms in total. The van der Waals surface area contributed by atoms with Gasteiger partial charge in [0.15, 0.2) is 0 Å². The van der Waals surface area contributed by atoms with Gasteiger partial charge in [0.05, 0.1) is 12.2 Å². The first-order valence-corrected chi connectivity index (χ1v) is 12.2. The Morgan fingerprint density at radius 2 is 1.52 bits per heavy atom. The minimum absolute atomic E-state index is 0.114. The molecule has 0 heterocycles. The van der Waals surface area contributed by atoms with Gasteiger partial charge in [-0.1, -0.05) is 88.7 Å². The number of hydrogen-bond acceptors (Lipinski definition) is 2. The number of hydrogen-bond donors (Lipinski definition) is 1. The minimum Gasteiger partial charge on any atom is -0.388 e. The van der Waals surface area contributed by atoms with Crippen LogP contribution in [0.3, 0.4) is 0 Å². The highest BCUT2D eigenvalue weighted by Crippen LogP contribution is 2.47. The van der Waals surface area contributed by atoms with Crippen LogP contribution >= 0.6 is 15.9 Å². The fourth-order valence-corrected chi connectivity index (χ4v) is 11.7. The first-order valence-electron chi connectivity index (χ1n) is 9.15. The molecule has 1 aromatic carbocycles. The highest BCUT2D eigenvalue weighted by atomic mass is 79.9. The van der Waals surface area contributed by atoms with E-state index in [4.69, 9.17) is 0 Å². The molecule has 0 aliphatic rings. The summed E-state index contributed by atoms with van der Waals surface area (Å²) in [5.74, 6) is -0.114. The van der Waals surface area contributed by atoms with E-state index in [9.17, 15) is 10.4 Å². The molecule has 0 saturated heterocycles. The van der Waals surface area contributed by atoms with Crippen LogP contribution in [-0.2, 0) is 0 Å². The molecular weight excluding hydrogens is 390 g/mol. The van der Waals surface area contributed by atoms with Crippen molar-refractivity contribution in [3.63, 3.8) is 0 Å². The van der Waals surface area contributed by atoms with Gasteiger partial charge in [-0.2, -0.15) is 5.26 Å². The molecule has 0 bridgehead atoms. The molecule has 0 radical (unpaired) electrons. The van der Waals surface area contributed by atoms with E-state index in [1.807, 2.05) is 31.2 Å². The third-order valence-corrected chi connectivity index (χ3v) is 13.3. The molecule has 1 N–H and O–H groups in total. The first-order chi connectivity index (χ1) is 11.6. The fraction of sp³-hybridized carbons (Fsp3) is 0.571. The Kier molecular flexibility index (Phi) is 8.12. The number of nitriles is 1. The Morgan fingerprint density at radius 3 is 1.92 bits per heavy atom. The van der Waals surface area contributed by atoms with Gasteiger partial charge in [-0.05, 0) is 28.3 Å². The maximum Gasteiger partial charge on any atom is 0.107 e. The van der Waals surface area contributed by atoms with Crippen molar-refractivity contribution in [1.29, 1.82) is 5.26 Å². The molecule has 4 heteroatoms. The number of halogens is 1. The third kappa shape index (κ3) is 4.45. The summed E-state index contributed by atoms with van der Waals surface area (Å²) in [6.45, 7) is 15.5. The van der Waals surface area contributed by atoms with Crippen LogP contribution in [0.15, 0.2) is 40.0 Å². The van der Waals surface area contributed by atoms with Crippen LogP contribution in [0, 0.1) is 17.2 Å². The lowest BCUT2D eigenvalue weighted by atomic mass is 9.97. The summed E-state index contributed by atoms with van der Waals surface area (Å²) < 4.78 is 0.904. The molecule has 138 valence electrons. The number of rotatable bonds is 7. The van der Waals surface area contributed by atoms with Crippen LogP contribution in [0.25, 0.3) is 0 Å². The summed E-state index contributed by atoms with van der Waals surface area (Å²) in [4.78, 5) is 0. The van der Waals surface area contributed by atoms with Crippen LogP contribution in [0.1, 0.15) is 60.1 Å². The molecule has 1 aromatic rings. The van der Waals surface area contributed by atoms with Crippen molar-refractivity contribution in [3.8, 4) is 6.07 Å². The topological polar surface area (TPSA) is 44.0 Å². The highest BCUT2D eigenvalue weighted by Gasteiger charge is 2.46. The summed E-state index contributed by atoms with van der Waals surface area (Å²) in [6, 6.07) is 10.3. The van der Waals surface area contributed by atoms with Gasteiger partial charge in [0.2, 0.25) is 0 Å². The van der Waals surface area contributed by atoms with Crippen LogP contribution in [0.4, 0.5) is 0 Å². The van der Waals surface area contributed by atoms with E-state index >= 15 is 0 Å². The normalized spacial score (nSPS) is 15.6. The Labute approximate surface area is 163 Å². The maximum absolute atomic E-state index is 10.8. The summed E-state index contributed by atoms with van der Waals surface area (Å²) in [6.07, 6.45) is 1.42. The van der Waals surface area contributed by atoms with Crippen LogP contribution in [0.5, 0.6) is 0 Å². The van der Waals surface area contributed by atoms with Gasteiger partial charge in [-0.15, -0.1) is 0 Å². The Hall–Kier alpha value is -0.893. The number of aliphatic hydroxyl groups excluding tert-OH is 1. The largest absolute Gasteiger partial charge is 0.388 e. The van der Waals surface area contributed by atoms with Crippen LogP contribution in [0.2, 0.25) is 16.6 Å². The van der Waals surface area contributed by atoms with Crippen molar-refractivity contribution in [2.45, 2.75) is 71.2 Å². The van der Waals surface area contributed by atoms with Crippen molar-refractivity contribution in [1.82, 2.24) is 0 Å². The van der Waals surface area contributed by atoms with E-state index < -0.39 is 14.2 Å². The number of allylic oxidation sites excluding steroid dienone is 1. The number of nitrogens with zero attached hydrogens (tertiary/aromatic N) is 1. The average Bonchev–Trinajstić information content (AvgIpc) is 2.52. The van der Waals surface area contributed by atoms with E-state index in [2.05, 4.69) is 69.6 Å². The van der Waals surface area contributed by atoms with Gasteiger partial charge in [-0.3, -0.25) is 0 Å². The molecule has 0 unspecified atom stereocenters. The second-order valence-corrected chi connectivity index (χ2v) is 14.6. The predicted octanol–water partition coefficient (Wildman–Crippen LogP) is 6.79. The highest BCUT2D eigenvalue weighted by molar-refractivity contribution is 9.10. The van der Waals surface area contributed by atoms with Gasteiger partial charge in [0.25, 0.3) is 0 Å². The SMILES string of the molecule is CC(C)[Si](/C(C#N)=C/[C@@H](C)[C@@H](O)c1ccccc1Br)(C(C)C)C(C)C. The van der Waals surface area contributed by atoms with E-state index in [0.29, 0.717) is 16.6 Å². The quantitative estimate of drug-likeness (QED) is 0.388. The van der Waals surface area contributed by atoms with Crippen molar-refractivity contribution in [2.75, 3.05) is 0 Å². The van der Waals surface area contributed by atoms with Gasteiger partial charge in [-0.25, -0.2) is 0 Å². The zero-order chi connectivity index (χ0) is 19.4. The molecule has 0 aliphatic heterocycles. The zero-order valence-electron chi connectivity index (χ0n) is 16.5. The van der Waals surface area contributed by atoms with Crippen molar-refractivity contribution >= 4 is 24.0 Å². The molecule has 0 aliphatic carbocycles. The lowest BCUT2D eigenvalue weighted by Gasteiger charge is -2.43. The molecule has 1 rings (SSSR count). The van der Waals surface area contributed by atoms with Gasteiger partial charge in [0.1, 0.15) is 8.07 Å².